The van der Waals surface area contributed by atoms with Crippen molar-refractivity contribution in [1.29, 1.82) is 0 Å². The maximum atomic E-state index is 12.8. The Morgan fingerprint density at radius 1 is 1.29 bits per heavy atom. The van der Waals surface area contributed by atoms with Crippen molar-refractivity contribution in [2.75, 3.05) is 25.4 Å². The van der Waals surface area contributed by atoms with Crippen LogP contribution in [-0.2, 0) is 16.1 Å². The largest absolute Gasteiger partial charge is 0.370 e. The summed E-state index contributed by atoms with van der Waals surface area (Å²) in [5.74, 6) is 0.738. The third-order valence-corrected chi connectivity index (χ3v) is 5.89. The normalized spacial score (nSPS) is 21.4. The van der Waals surface area contributed by atoms with E-state index in [1.807, 2.05) is 42.1 Å². The van der Waals surface area contributed by atoms with Crippen LogP contribution in [0.25, 0.3) is 0 Å². The van der Waals surface area contributed by atoms with Crippen LogP contribution in [0.2, 0.25) is 0 Å². The first kappa shape index (κ1) is 18.8. The van der Waals surface area contributed by atoms with E-state index in [0.29, 0.717) is 30.9 Å². The molecule has 1 fully saturated rings. The van der Waals surface area contributed by atoms with Crippen molar-refractivity contribution in [2.24, 2.45) is 5.73 Å². The molecular weight excluding hydrogens is 322 g/mol. The van der Waals surface area contributed by atoms with Gasteiger partial charge in [-0.25, -0.2) is 0 Å². The third kappa shape index (κ3) is 5.53. The van der Waals surface area contributed by atoms with E-state index in [9.17, 15) is 9.59 Å². The molecule has 1 aromatic carbocycles. The molecule has 5 nitrogen and oxygen atoms in total. The summed E-state index contributed by atoms with van der Waals surface area (Å²) in [7, 11) is 0. The number of amides is 2. The van der Waals surface area contributed by atoms with E-state index in [0.717, 1.165) is 17.9 Å². The molecule has 24 heavy (non-hydrogen) atoms. The molecule has 1 aliphatic rings. The molecule has 2 amide bonds. The standard InChI is InChI=1S/C18H27N3O2S/c1-14-15(2)24-11-10-20(14)13-18(23)21(9-8-17(19)22)12-16-6-4-3-5-7-16/h3-7,14-15H,8-13H2,1-2H3,(H2,19,22). The summed E-state index contributed by atoms with van der Waals surface area (Å²) in [5.41, 5.74) is 6.33. The molecule has 1 aliphatic heterocycles. The summed E-state index contributed by atoms with van der Waals surface area (Å²) in [4.78, 5) is 27.9. The number of primary amides is 1. The lowest BCUT2D eigenvalue weighted by Crippen LogP contribution is -2.50. The Balaban J connectivity index is 2.01. The molecule has 0 saturated carbocycles. The van der Waals surface area contributed by atoms with Crippen LogP contribution in [0.4, 0.5) is 0 Å². The molecule has 2 atom stereocenters. The summed E-state index contributed by atoms with van der Waals surface area (Å²) in [6.07, 6.45) is 0.195. The number of carbonyl (C=O) groups excluding carboxylic acids is 2. The summed E-state index contributed by atoms with van der Waals surface area (Å²) in [6, 6.07) is 10.2. The summed E-state index contributed by atoms with van der Waals surface area (Å²) in [5, 5.41) is 0.528. The second-order valence-electron chi connectivity index (χ2n) is 6.30. The van der Waals surface area contributed by atoms with Crippen molar-refractivity contribution in [3.05, 3.63) is 35.9 Å². The molecule has 1 aromatic rings. The Labute approximate surface area is 148 Å². The van der Waals surface area contributed by atoms with E-state index in [-0.39, 0.29) is 18.2 Å². The van der Waals surface area contributed by atoms with Crippen molar-refractivity contribution in [2.45, 2.75) is 38.1 Å². The number of hydrogen-bond acceptors (Lipinski definition) is 4. The van der Waals surface area contributed by atoms with Crippen LogP contribution < -0.4 is 5.73 Å². The van der Waals surface area contributed by atoms with Crippen molar-refractivity contribution in [1.82, 2.24) is 9.80 Å². The van der Waals surface area contributed by atoms with Gasteiger partial charge in [0.1, 0.15) is 0 Å². The number of hydrogen-bond donors (Lipinski definition) is 1. The molecule has 6 heteroatoms. The van der Waals surface area contributed by atoms with Gasteiger partial charge >= 0.3 is 0 Å². The van der Waals surface area contributed by atoms with E-state index in [1.165, 1.54) is 0 Å². The molecule has 2 rings (SSSR count). The first-order valence-corrected chi connectivity index (χ1v) is 9.48. The average Bonchev–Trinajstić information content (AvgIpc) is 2.56. The second-order valence-corrected chi connectivity index (χ2v) is 7.79. The van der Waals surface area contributed by atoms with Crippen LogP contribution in [-0.4, -0.2) is 58.3 Å². The summed E-state index contributed by atoms with van der Waals surface area (Å²) in [6.45, 7) is 6.60. The van der Waals surface area contributed by atoms with Gasteiger partial charge in [-0.3, -0.25) is 14.5 Å². The van der Waals surface area contributed by atoms with E-state index in [4.69, 9.17) is 5.73 Å². The smallest absolute Gasteiger partial charge is 0.237 e. The maximum Gasteiger partial charge on any atom is 0.237 e. The zero-order valence-corrected chi connectivity index (χ0v) is 15.3. The van der Waals surface area contributed by atoms with Gasteiger partial charge in [-0.1, -0.05) is 37.3 Å². The van der Waals surface area contributed by atoms with Gasteiger partial charge in [-0.15, -0.1) is 0 Å². The fourth-order valence-electron chi connectivity index (χ4n) is 2.83. The van der Waals surface area contributed by atoms with Crippen LogP contribution in [0.5, 0.6) is 0 Å². The van der Waals surface area contributed by atoms with Gasteiger partial charge < -0.3 is 10.6 Å². The zero-order valence-electron chi connectivity index (χ0n) is 14.5. The number of thioether (sulfide) groups is 1. The molecule has 1 saturated heterocycles. The Morgan fingerprint density at radius 2 is 2.00 bits per heavy atom. The highest BCUT2D eigenvalue weighted by Gasteiger charge is 2.28. The Kier molecular flexibility index (Phi) is 7.12. The predicted octanol–water partition coefficient (Wildman–Crippen LogP) is 1.72. The van der Waals surface area contributed by atoms with Crippen LogP contribution in [0.15, 0.2) is 30.3 Å². The van der Waals surface area contributed by atoms with Gasteiger partial charge in [-0.05, 0) is 12.5 Å². The highest BCUT2D eigenvalue weighted by molar-refractivity contribution is 8.00. The molecule has 2 N–H and O–H groups in total. The van der Waals surface area contributed by atoms with E-state index >= 15 is 0 Å². The second kappa shape index (κ2) is 9.08. The van der Waals surface area contributed by atoms with E-state index in [1.54, 1.807) is 4.90 Å². The molecule has 0 bridgehead atoms. The lowest BCUT2D eigenvalue weighted by molar-refractivity contribution is -0.134. The van der Waals surface area contributed by atoms with Gasteiger partial charge in [-0.2, -0.15) is 11.8 Å². The highest BCUT2D eigenvalue weighted by Crippen LogP contribution is 2.24. The van der Waals surface area contributed by atoms with Gasteiger partial charge in [0.15, 0.2) is 0 Å². The zero-order chi connectivity index (χ0) is 17.5. The molecular formula is C18H27N3O2S. The van der Waals surface area contributed by atoms with Crippen molar-refractivity contribution in [3.63, 3.8) is 0 Å². The first-order chi connectivity index (χ1) is 11.5. The van der Waals surface area contributed by atoms with E-state index in [2.05, 4.69) is 18.7 Å². The first-order valence-electron chi connectivity index (χ1n) is 8.43. The molecule has 0 aliphatic carbocycles. The minimum atomic E-state index is -0.378. The molecule has 0 spiro atoms. The molecule has 0 radical (unpaired) electrons. The summed E-state index contributed by atoms with van der Waals surface area (Å²) < 4.78 is 0. The fraction of sp³-hybridized carbons (Fsp3) is 0.556. The third-order valence-electron chi connectivity index (χ3n) is 4.55. The van der Waals surface area contributed by atoms with Crippen LogP contribution in [0.3, 0.4) is 0 Å². The number of nitrogens with zero attached hydrogens (tertiary/aromatic N) is 2. The molecule has 2 unspecified atom stereocenters. The van der Waals surface area contributed by atoms with E-state index < -0.39 is 0 Å². The van der Waals surface area contributed by atoms with Crippen molar-refractivity contribution in [3.8, 4) is 0 Å². The molecule has 1 heterocycles. The number of benzene rings is 1. The minimum absolute atomic E-state index is 0.0612. The monoisotopic (exact) mass is 349 g/mol. The Morgan fingerprint density at radius 3 is 2.67 bits per heavy atom. The highest BCUT2D eigenvalue weighted by atomic mass is 32.2. The van der Waals surface area contributed by atoms with Gasteiger partial charge in [0.05, 0.1) is 6.54 Å². The lowest BCUT2D eigenvalue weighted by Gasteiger charge is -2.38. The molecule has 132 valence electrons. The number of nitrogens with two attached hydrogens (primary N) is 1. The van der Waals surface area contributed by atoms with Crippen LogP contribution >= 0.6 is 11.8 Å². The number of rotatable bonds is 7. The SMILES string of the molecule is CC1SCCN(CC(=O)N(CCC(N)=O)Cc2ccccc2)C1C. The average molecular weight is 350 g/mol. The van der Waals surface area contributed by atoms with Crippen LogP contribution in [0, 0.1) is 0 Å². The van der Waals surface area contributed by atoms with Gasteiger partial charge in [0.25, 0.3) is 0 Å². The van der Waals surface area contributed by atoms with Gasteiger partial charge in [0, 0.05) is 43.1 Å². The molecule has 0 aromatic heterocycles. The van der Waals surface area contributed by atoms with Crippen molar-refractivity contribution >= 4 is 23.6 Å². The Hall–Kier alpha value is -1.53. The minimum Gasteiger partial charge on any atom is -0.370 e. The van der Waals surface area contributed by atoms with Gasteiger partial charge in [0.2, 0.25) is 11.8 Å². The van der Waals surface area contributed by atoms with Crippen LogP contribution in [0.1, 0.15) is 25.8 Å². The summed E-state index contributed by atoms with van der Waals surface area (Å²) >= 11 is 1.95. The topological polar surface area (TPSA) is 66.6 Å². The lowest BCUT2D eigenvalue weighted by atomic mass is 10.2. The number of carbonyl (C=O) groups is 2. The maximum absolute atomic E-state index is 12.8. The predicted molar refractivity (Wildman–Crippen MR) is 98.6 cm³/mol. The fourth-order valence-corrected chi connectivity index (χ4v) is 4.00. The van der Waals surface area contributed by atoms with Crippen molar-refractivity contribution < 1.29 is 9.59 Å². The quantitative estimate of drug-likeness (QED) is 0.814. The Bertz CT molecular complexity index is 552.